The van der Waals surface area contributed by atoms with E-state index in [4.69, 9.17) is 27.9 Å². The number of benzene rings is 2. The molecule has 2 aromatic rings. The Balaban J connectivity index is 1.69. The third-order valence-electron chi connectivity index (χ3n) is 2.71. The van der Waals surface area contributed by atoms with Crippen LogP contribution in [0.1, 0.15) is 0 Å². The number of para-hydroxylation sites is 1. The fourth-order valence-electron chi connectivity index (χ4n) is 1.61. The third-order valence-corrected chi connectivity index (χ3v) is 4.44. The molecule has 0 bridgehead atoms. The Morgan fingerprint density at radius 2 is 1.71 bits per heavy atom. The molecule has 0 aliphatic rings. The zero-order valence-electron chi connectivity index (χ0n) is 12.4. The van der Waals surface area contributed by atoms with Gasteiger partial charge in [-0.3, -0.25) is 20.4 Å². The van der Waals surface area contributed by atoms with E-state index in [1.54, 1.807) is 42.5 Å². The summed E-state index contributed by atoms with van der Waals surface area (Å²) >= 11 is 13.1. The van der Waals surface area contributed by atoms with Gasteiger partial charge in [-0.25, -0.2) is 0 Å². The fraction of sp³-hybridized carbons (Fsp3) is 0.125. The van der Waals surface area contributed by atoms with E-state index in [9.17, 15) is 9.59 Å². The van der Waals surface area contributed by atoms with Gasteiger partial charge in [0.15, 0.2) is 6.61 Å². The Kier molecular flexibility index (Phi) is 7.24. The lowest BCUT2D eigenvalue weighted by Crippen LogP contribution is -2.44. The predicted molar refractivity (Wildman–Crippen MR) is 95.4 cm³/mol. The maximum Gasteiger partial charge on any atom is 0.276 e. The molecule has 2 amide bonds. The largest absolute Gasteiger partial charge is 0.484 e. The van der Waals surface area contributed by atoms with Gasteiger partial charge in [-0.15, -0.1) is 11.8 Å². The van der Waals surface area contributed by atoms with Crippen molar-refractivity contribution in [1.82, 2.24) is 10.9 Å². The second-order valence-electron chi connectivity index (χ2n) is 4.56. The van der Waals surface area contributed by atoms with Gasteiger partial charge in [0.1, 0.15) is 5.75 Å². The van der Waals surface area contributed by atoms with Crippen molar-refractivity contribution in [1.29, 1.82) is 0 Å². The molecular formula is C16H14Cl2N2O3S. The Bertz CT molecular complexity index is 714. The van der Waals surface area contributed by atoms with E-state index in [2.05, 4.69) is 10.9 Å². The number of hydrogen-bond acceptors (Lipinski definition) is 4. The third kappa shape index (κ3) is 6.31. The van der Waals surface area contributed by atoms with Gasteiger partial charge in [-0.1, -0.05) is 41.4 Å². The van der Waals surface area contributed by atoms with Crippen LogP contribution >= 0.6 is 35.0 Å². The molecule has 5 nitrogen and oxygen atoms in total. The Hall–Kier alpha value is -1.89. The summed E-state index contributed by atoms with van der Waals surface area (Å²) < 4.78 is 5.26. The van der Waals surface area contributed by atoms with Crippen LogP contribution in [0.5, 0.6) is 5.75 Å². The molecule has 8 heteroatoms. The minimum atomic E-state index is -0.460. The summed E-state index contributed by atoms with van der Waals surface area (Å²) in [7, 11) is 0. The quantitative estimate of drug-likeness (QED) is 0.592. The summed E-state index contributed by atoms with van der Waals surface area (Å²) in [5, 5.41) is 1.05. The lowest BCUT2D eigenvalue weighted by molar-refractivity contribution is -0.128. The van der Waals surface area contributed by atoms with E-state index in [0.717, 1.165) is 0 Å². The lowest BCUT2D eigenvalue weighted by atomic mass is 10.3. The van der Waals surface area contributed by atoms with E-state index >= 15 is 0 Å². The highest BCUT2D eigenvalue weighted by Crippen LogP contribution is 2.29. The molecule has 2 rings (SSSR count). The highest BCUT2D eigenvalue weighted by Gasteiger charge is 2.08. The molecule has 0 unspecified atom stereocenters. The minimum absolute atomic E-state index is 0.0832. The molecular weight excluding hydrogens is 371 g/mol. The molecule has 0 atom stereocenters. The van der Waals surface area contributed by atoms with Crippen LogP contribution in [0.2, 0.25) is 10.0 Å². The first-order valence-corrected chi connectivity index (χ1v) is 8.62. The number of nitrogens with one attached hydrogen (secondary N) is 2. The molecule has 0 aromatic heterocycles. The topological polar surface area (TPSA) is 67.4 Å². The van der Waals surface area contributed by atoms with Crippen molar-refractivity contribution in [2.75, 3.05) is 12.4 Å². The van der Waals surface area contributed by atoms with Gasteiger partial charge in [0, 0.05) is 9.92 Å². The van der Waals surface area contributed by atoms with Crippen LogP contribution in [0.25, 0.3) is 0 Å². The van der Waals surface area contributed by atoms with Crippen LogP contribution in [0.4, 0.5) is 0 Å². The van der Waals surface area contributed by atoms with Gasteiger partial charge in [0.2, 0.25) is 5.91 Å². The second kappa shape index (κ2) is 9.42. The summed E-state index contributed by atoms with van der Waals surface area (Å²) in [6, 6.07) is 13.9. The molecule has 2 N–H and O–H groups in total. The minimum Gasteiger partial charge on any atom is -0.484 e. The summed E-state index contributed by atoms with van der Waals surface area (Å²) in [4.78, 5) is 24.0. The molecule has 126 valence electrons. The van der Waals surface area contributed by atoms with Crippen molar-refractivity contribution in [2.45, 2.75) is 4.90 Å². The van der Waals surface area contributed by atoms with Crippen LogP contribution < -0.4 is 15.6 Å². The average molecular weight is 385 g/mol. The van der Waals surface area contributed by atoms with Gasteiger partial charge in [-0.05, 0) is 30.3 Å². The van der Waals surface area contributed by atoms with Crippen LogP contribution in [-0.2, 0) is 9.59 Å². The summed E-state index contributed by atoms with van der Waals surface area (Å²) in [6.45, 7) is -0.197. The highest BCUT2D eigenvalue weighted by molar-refractivity contribution is 8.00. The van der Waals surface area contributed by atoms with Crippen LogP contribution in [-0.4, -0.2) is 24.2 Å². The molecule has 2 aromatic carbocycles. The van der Waals surface area contributed by atoms with Gasteiger partial charge in [0.25, 0.3) is 5.91 Å². The Morgan fingerprint density at radius 1 is 1.00 bits per heavy atom. The SMILES string of the molecule is O=C(COc1ccccc1)NNC(=O)CSc1cc(Cl)ccc1Cl. The summed E-state index contributed by atoms with van der Waals surface area (Å²) in [5.74, 6) is -0.174. The first-order chi connectivity index (χ1) is 11.5. The predicted octanol–water partition coefficient (Wildman–Crippen LogP) is 3.31. The Morgan fingerprint density at radius 3 is 2.46 bits per heavy atom. The fourth-order valence-corrected chi connectivity index (χ4v) is 2.90. The smallest absolute Gasteiger partial charge is 0.276 e. The van der Waals surface area contributed by atoms with Crippen molar-refractivity contribution in [2.24, 2.45) is 0 Å². The van der Waals surface area contributed by atoms with Gasteiger partial charge in [0.05, 0.1) is 10.8 Å². The molecule has 0 aliphatic heterocycles. The highest BCUT2D eigenvalue weighted by atomic mass is 35.5. The number of ether oxygens (including phenoxy) is 1. The van der Waals surface area contributed by atoms with Crippen molar-refractivity contribution in [3.8, 4) is 5.75 Å². The number of thioether (sulfide) groups is 1. The van der Waals surface area contributed by atoms with E-state index < -0.39 is 5.91 Å². The molecule has 0 heterocycles. The number of rotatable bonds is 6. The molecule has 0 aliphatic carbocycles. The van der Waals surface area contributed by atoms with Gasteiger partial charge in [-0.2, -0.15) is 0 Å². The number of amides is 2. The molecule has 0 saturated carbocycles. The lowest BCUT2D eigenvalue weighted by Gasteiger charge is -2.09. The van der Waals surface area contributed by atoms with E-state index in [1.165, 1.54) is 11.8 Å². The van der Waals surface area contributed by atoms with Crippen LogP contribution in [0.3, 0.4) is 0 Å². The number of hydrogen-bond donors (Lipinski definition) is 2. The van der Waals surface area contributed by atoms with Crippen LogP contribution in [0, 0.1) is 0 Å². The summed E-state index contributed by atoms with van der Waals surface area (Å²) in [5.41, 5.74) is 4.59. The zero-order valence-corrected chi connectivity index (χ0v) is 14.8. The number of carbonyl (C=O) groups is 2. The van der Waals surface area contributed by atoms with Gasteiger partial charge >= 0.3 is 0 Å². The second-order valence-corrected chi connectivity index (χ2v) is 6.42. The van der Waals surface area contributed by atoms with Crippen LogP contribution in [0.15, 0.2) is 53.4 Å². The molecule has 0 saturated heterocycles. The molecule has 0 spiro atoms. The number of halogens is 2. The van der Waals surface area contributed by atoms with Crippen molar-refractivity contribution in [3.63, 3.8) is 0 Å². The van der Waals surface area contributed by atoms with E-state index in [-0.39, 0.29) is 18.3 Å². The number of carbonyl (C=O) groups excluding carboxylic acids is 2. The first kappa shape index (κ1) is 18.4. The van der Waals surface area contributed by atoms with Crippen molar-refractivity contribution >= 4 is 46.8 Å². The summed E-state index contributed by atoms with van der Waals surface area (Å²) in [6.07, 6.45) is 0. The van der Waals surface area contributed by atoms with Gasteiger partial charge < -0.3 is 4.74 Å². The standard InChI is InChI=1S/C16H14Cl2N2O3S/c17-11-6-7-13(18)14(8-11)24-10-16(22)20-19-15(21)9-23-12-4-2-1-3-5-12/h1-8H,9-10H2,(H,19,21)(H,20,22). The zero-order chi connectivity index (χ0) is 17.4. The first-order valence-electron chi connectivity index (χ1n) is 6.88. The van der Waals surface area contributed by atoms with E-state index in [0.29, 0.717) is 20.7 Å². The monoisotopic (exact) mass is 384 g/mol. The average Bonchev–Trinajstić information content (AvgIpc) is 2.59. The maximum atomic E-state index is 11.7. The Labute approximate surface area is 153 Å². The van der Waals surface area contributed by atoms with Crippen molar-refractivity contribution in [3.05, 3.63) is 58.6 Å². The normalized spacial score (nSPS) is 10.1. The van der Waals surface area contributed by atoms with E-state index in [1.807, 2.05) is 6.07 Å². The molecule has 24 heavy (non-hydrogen) atoms. The number of hydrazine groups is 1. The molecule has 0 fully saturated rings. The molecule has 0 radical (unpaired) electrons. The van der Waals surface area contributed by atoms with Crippen molar-refractivity contribution < 1.29 is 14.3 Å². The maximum absolute atomic E-state index is 11.7.